The fourth-order valence-corrected chi connectivity index (χ4v) is 3.61. The molecule has 5 heteroatoms. The third-order valence-corrected chi connectivity index (χ3v) is 5.13. The zero-order valence-electron chi connectivity index (χ0n) is 16.8. The molecule has 1 aliphatic rings. The molecule has 0 radical (unpaired) electrons. The summed E-state index contributed by atoms with van der Waals surface area (Å²) < 4.78 is 13.5. The van der Waals surface area contributed by atoms with E-state index < -0.39 is 11.7 Å². The summed E-state index contributed by atoms with van der Waals surface area (Å²) in [6.07, 6.45) is 0. The lowest BCUT2D eigenvalue weighted by Gasteiger charge is -2.21. The highest BCUT2D eigenvalue weighted by atomic mass is 19.1. The van der Waals surface area contributed by atoms with Crippen molar-refractivity contribution in [1.29, 1.82) is 0 Å². The van der Waals surface area contributed by atoms with Crippen LogP contribution in [-0.2, 0) is 16.1 Å². The molecular weight excluding hydrogens is 379 g/mol. The number of hydrogen-bond acceptors (Lipinski definition) is 3. The van der Waals surface area contributed by atoms with E-state index in [2.05, 4.69) is 0 Å². The van der Waals surface area contributed by atoms with Gasteiger partial charge in [-0.15, -0.1) is 0 Å². The molecule has 0 unspecified atom stereocenters. The van der Waals surface area contributed by atoms with Crippen molar-refractivity contribution in [2.24, 2.45) is 0 Å². The van der Waals surface area contributed by atoms with Gasteiger partial charge < -0.3 is 4.90 Å². The van der Waals surface area contributed by atoms with Crippen LogP contribution in [0.4, 0.5) is 10.1 Å². The Hall–Kier alpha value is -3.73. The van der Waals surface area contributed by atoms with Crippen LogP contribution in [0.5, 0.6) is 0 Å². The van der Waals surface area contributed by atoms with Crippen molar-refractivity contribution in [2.45, 2.75) is 13.5 Å². The van der Waals surface area contributed by atoms with Crippen LogP contribution < -0.4 is 4.90 Å². The van der Waals surface area contributed by atoms with Gasteiger partial charge in [-0.1, -0.05) is 60.2 Å². The predicted molar refractivity (Wildman–Crippen MR) is 115 cm³/mol. The number of nitrogens with zero attached hydrogens (tertiary/aromatic N) is 2. The van der Waals surface area contributed by atoms with Gasteiger partial charge in [0.1, 0.15) is 11.5 Å². The Morgan fingerprint density at radius 2 is 1.47 bits per heavy atom. The number of carbonyl (C=O) groups excluding carboxylic acids is 2. The summed E-state index contributed by atoms with van der Waals surface area (Å²) in [5.74, 6) is -1.20. The van der Waals surface area contributed by atoms with Gasteiger partial charge in [0.15, 0.2) is 0 Å². The van der Waals surface area contributed by atoms with Crippen molar-refractivity contribution in [3.8, 4) is 0 Å². The van der Waals surface area contributed by atoms with E-state index in [1.54, 1.807) is 24.1 Å². The lowest BCUT2D eigenvalue weighted by atomic mass is 10.0. The van der Waals surface area contributed by atoms with Crippen LogP contribution in [0.2, 0.25) is 0 Å². The van der Waals surface area contributed by atoms with Gasteiger partial charge >= 0.3 is 0 Å². The van der Waals surface area contributed by atoms with E-state index in [9.17, 15) is 14.0 Å². The summed E-state index contributed by atoms with van der Waals surface area (Å²) in [7, 11) is 1.79. The number of aryl methyl sites for hydroxylation is 1. The fourth-order valence-electron chi connectivity index (χ4n) is 3.61. The van der Waals surface area contributed by atoms with Crippen LogP contribution in [0, 0.1) is 12.7 Å². The maximum atomic E-state index is 13.5. The van der Waals surface area contributed by atoms with Crippen molar-refractivity contribution in [3.05, 3.63) is 107 Å². The van der Waals surface area contributed by atoms with Gasteiger partial charge in [-0.05, 0) is 42.3 Å². The van der Waals surface area contributed by atoms with E-state index in [1.807, 2.05) is 49.4 Å². The Balaban J connectivity index is 1.79. The summed E-state index contributed by atoms with van der Waals surface area (Å²) in [6, 6.07) is 22.6. The number of halogens is 1. The highest BCUT2D eigenvalue weighted by Gasteiger charge is 2.41. The smallest absolute Gasteiger partial charge is 0.282 e. The van der Waals surface area contributed by atoms with Gasteiger partial charge in [-0.25, -0.2) is 9.29 Å². The van der Waals surface area contributed by atoms with E-state index >= 15 is 0 Å². The summed E-state index contributed by atoms with van der Waals surface area (Å²) >= 11 is 0. The van der Waals surface area contributed by atoms with Gasteiger partial charge in [0.25, 0.3) is 11.8 Å². The van der Waals surface area contributed by atoms with Crippen LogP contribution in [0.25, 0.3) is 5.57 Å². The van der Waals surface area contributed by atoms with Gasteiger partial charge in [0.2, 0.25) is 0 Å². The summed E-state index contributed by atoms with van der Waals surface area (Å²) in [4.78, 5) is 29.8. The molecule has 1 aliphatic heterocycles. The van der Waals surface area contributed by atoms with Gasteiger partial charge in [-0.2, -0.15) is 0 Å². The molecule has 30 heavy (non-hydrogen) atoms. The average molecular weight is 400 g/mol. The van der Waals surface area contributed by atoms with Crippen LogP contribution in [-0.4, -0.2) is 23.8 Å². The third-order valence-electron chi connectivity index (χ3n) is 5.13. The summed E-state index contributed by atoms with van der Waals surface area (Å²) in [5.41, 5.74) is 3.65. The molecule has 0 spiro atoms. The largest absolute Gasteiger partial charge is 0.365 e. The predicted octanol–water partition coefficient (Wildman–Crippen LogP) is 4.55. The number of benzene rings is 3. The molecule has 0 aliphatic carbocycles. The first-order valence-electron chi connectivity index (χ1n) is 9.66. The van der Waals surface area contributed by atoms with E-state index in [-0.39, 0.29) is 11.5 Å². The minimum atomic E-state index is -0.412. The van der Waals surface area contributed by atoms with Crippen molar-refractivity contribution >= 4 is 23.1 Å². The molecule has 2 amide bonds. The molecule has 3 aromatic rings. The van der Waals surface area contributed by atoms with Crippen molar-refractivity contribution in [1.82, 2.24) is 4.90 Å². The van der Waals surface area contributed by atoms with Gasteiger partial charge in [0, 0.05) is 13.6 Å². The van der Waals surface area contributed by atoms with Gasteiger partial charge in [0.05, 0.1) is 11.3 Å². The van der Waals surface area contributed by atoms with Crippen molar-refractivity contribution in [3.63, 3.8) is 0 Å². The maximum Gasteiger partial charge on any atom is 0.282 e. The number of rotatable bonds is 5. The monoisotopic (exact) mass is 400 g/mol. The third kappa shape index (κ3) is 3.62. The molecule has 4 rings (SSSR count). The Morgan fingerprint density at radius 1 is 0.833 bits per heavy atom. The zero-order valence-corrected chi connectivity index (χ0v) is 16.8. The molecular formula is C25H21FN2O2. The van der Waals surface area contributed by atoms with E-state index in [4.69, 9.17) is 0 Å². The SMILES string of the molecule is Cc1ccc(N2C(=O)C(c3ccc(F)cc3)=C(N(C)Cc3ccccc3)C2=O)cc1. The number of carbonyl (C=O) groups is 2. The number of amides is 2. The minimum Gasteiger partial charge on any atom is -0.365 e. The van der Waals surface area contributed by atoms with E-state index in [0.29, 0.717) is 23.5 Å². The molecule has 0 fully saturated rings. The average Bonchev–Trinajstić information content (AvgIpc) is 3.00. The van der Waals surface area contributed by atoms with Crippen molar-refractivity contribution < 1.29 is 14.0 Å². The lowest BCUT2D eigenvalue weighted by molar-refractivity contribution is -0.120. The first kappa shape index (κ1) is 19.6. The Morgan fingerprint density at radius 3 is 2.10 bits per heavy atom. The summed E-state index contributed by atoms with van der Waals surface area (Å²) in [5, 5.41) is 0. The molecule has 150 valence electrons. The molecule has 0 saturated heterocycles. The second kappa shape index (κ2) is 7.95. The standard InChI is InChI=1S/C25H21FN2O2/c1-17-8-14-21(15-9-17)28-24(29)22(19-10-12-20(26)13-11-19)23(25(28)30)27(2)16-18-6-4-3-5-7-18/h3-15H,16H2,1-2H3. The van der Waals surface area contributed by atoms with Crippen LogP contribution in [0.3, 0.4) is 0 Å². The highest BCUT2D eigenvalue weighted by molar-refractivity contribution is 6.45. The molecule has 1 heterocycles. The highest BCUT2D eigenvalue weighted by Crippen LogP contribution is 2.35. The molecule has 0 aromatic heterocycles. The molecule has 0 atom stereocenters. The topological polar surface area (TPSA) is 40.6 Å². The molecule has 0 N–H and O–H groups in total. The molecule has 0 saturated carbocycles. The second-order valence-electron chi connectivity index (χ2n) is 7.35. The first-order chi connectivity index (χ1) is 14.5. The molecule has 4 nitrogen and oxygen atoms in total. The second-order valence-corrected chi connectivity index (χ2v) is 7.35. The zero-order chi connectivity index (χ0) is 21.3. The number of anilines is 1. The van der Waals surface area contributed by atoms with Crippen molar-refractivity contribution in [2.75, 3.05) is 11.9 Å². The maximum absolute atomic E-state index is 13.5. The Bertz CT molecular complexity index is 1120. The first-order valence-corrected chi connectivity index (χ1v) is 9.66. The Kier molecular flexibility index (Phi) is 5.19. The lowest BCUT2D eigenvalue weighted by Crippen LogP contribution is -2.34. The number of likely N-dealkylation sites (N-methyl/N-ethyl adjacent to an activating group) is 1. The number of imide groups is 1. The fraction of sp³-hybridized carbons (Fsp3) is 0.120. The quantitative estimate of drug-likeness (QED) is 0.590. The van der Waals surface area contributed by atoms with Crippen LogP contribution in [0.15, 0.2) is 84.6 Å². The normalized spacial score (nSPS) is 13.9. The molecule has 3 aromatic carbocycles. The Labute approximate surface area is 174 Å². The number of hydrogen-bond donors (Lipinski definition) is 0. The van der Waals surface area contributed by atoms with Gasteiger partial charge in [-0.3, -0.25) is 9.59 Å². The minimum absolute atomic E-state index is 0.277. The molecule has 0 bridgehead atoms. The van der Waals surface area contributed by atoms with Crippen LogP contribution >= 0.6 is 0 Å². The van der Waals surface area contributed by atoms with E-state index in [1.165, 1.54) is 29.2 Å². The van der Waals surface area contributed by atoms with Crippen LogP contribution in [0.1, 0.15) is 16.7 Å². The van der Waals surface area contributed by atoms with E-state index in [0.717, 1.165) is 11.1 Å². The summed E-state index contributed by atoms with van der Waals surface area (Å²) in [6.45, 7) is 2.40.